The summed E-state index contributed by atoms with van der Waals surface area (Å²) >= 11 is 0. The van der Waals surface area contributed by atoms with Crippen molar-refractivity contribution in [2.45, 2.75) is 82.6 Å². The zero-order chi connectivity index (χ0) is 31.5. The number of carbonyl (C=O) groups excluding carboxylic acids is 4. The molecule has 0 aliphatic carbocycles. The third-order valence-corrected chi connectivity index (χ3v) is 5.83. The molecule has 15 N–H and O–H groups in total. The number of hydrogen-bond donors (Lipinski definition) is 11. The second kappa shape index (κ2) is 20.4. The fourth-order valence-corrected chi connectivity index (χ4v) is 3.60. The summed E-state index contributed by atoms with van der Waals surface area (Å²) in [5.41, 5.74) is 21.7. The summed E-state index contributed by atoms with van der Waals surface area (Å²) in [5, 5.41) is 37.4. The molecular weight excluding hydrogens is 542 g/mol. The van der Waals surface area contributed by atoms with Gasteiger partial charge in [-0.1, -0.05) is 13.8 Å². The predicted octanol–water partition coefficient (Wildman–Crippen LogP) is -4.45. The molecule has 0 aromatic heterocycles. The summed E-state index contributed by atoms with van der Waals surface area (Å²) in [7, 11) is 0. The third kappa shape index (κ3) is 15.7. The predicted molar refractivity (Wildman–Crippen MR) is 150 cm³/mol. The quantitative estimate of drug-likeness (QED) is 0.0343. The van der Waals surface area contributed by atoms with E-state index in [1.54, 1.807) is 0 Å². The molecule has 17 heteroatoms. The van der Waals surface area contributed by atoms with Crippen LogP contribution in [0.1, 0.15) is 52.4 Å². The number of aliphatic hydroxyl groups excluding tert-OH is 2. The molecule has 5 atom stereocenters. The van der Waals surface area contributed by atoms with E-state index >= 15 is 0 Å². The molecule has 236 valence electrons. The minimum atomic E-state index is -1.61. The van der Waals surface area contributed by atoms with Gasteiger partial charge >= 0.3 is 5.97 Å². The third-order valence-electron chi connectivity index (χ3n) is 5.83. The van der Waals surface area contributed by atoms with Crippen molar-refractivity contribution in [2.24, 2.45) is 33.8 Å². The van der Waals surface area contributed by atoms with E-state index in [0.29, 0.717) is 19.4 Å². The molecule has 17 nitrogen and oxygen atoms in total. The van der Waals surface area contributed by atoms with Gasteiger partial charge in [0.15, 0.2) is 5.96 Å². The molecule has 0 aliphatic rings. The largest absolute Gasteiger partial charge is 0.480 e. The van der Waals surface area contributed by atoms with Gasteiger partial charge in [0.25, 0.3) is 0 Å². The molecule has 0 fully saturated rings. The molecule has 0 bridgehead atoms. The van der Waals surface area contributed by atoms with Crippen LogP contribution in [-0.4, -0.2) is 107 Å². The van der Waals surface area contributed by atoms with Gasteiger partial charge in [-0.05, 0) is 51.0 Å². The van der Waals surface area contributed by atoms with Gasteiger partial charge in [-0.25, -0.2) is 4.79 Å². The lowest BCUT2D eigenvalue weighted by molar-refractivity contribution is -0.143. The van der Waals surface area contributed by atoms with Gasteiger partial charge in [0.05, 0.1) is 13.2 Å². The van der Waals surface area contributed by atoms with E-state index in [-0.39, 0.29) is 44.1 Å². The van der Waals surface area contributed by atoms with Gasteiger partial charge in [0.1, 0.15) is 30.2 Å². The van der Waals surface area contributed by atoms with Crippen LogP contribution in [0.2, 0.25) is 0 Å². The van der Waals surface area contributed by atoms with Crippen LogP contribution in [0.25, 0.3) is 0 Å². The molecular formula is C24H47N9O8. The maximum atomic E-state index is 13.3. The lowest BCUT2D eigenvalue weighted by atomic mass is 10.0. The lowest BCUT2D eigenvalue weighted by Crippen LogP contribution is -2.59. The Balaban J connectivity index is 5.89. The molecule has 0 saturated carbocycles. The second-order valence-corrected chi connectivity index (χ2v) is 9.92. The highest BCUT2D eigenvalue weighted by Gasteiger charge is 2.31. The molecule has 0 rings (SSSR count). The highest BCUT2D eigenvalue weighted by molar-refractivity contribution is 5.95. The summed E-state index contributed by atoms with van der Waals surface area (Å²) in [5.74, 6) is -4.72. The van der Waals surface area contributed by atoms with Gasteiger partial charge in [0.2, 0.25) is 23.6 Å². The monoisotopic (exact) mass is 589 g/mol. The highest BCUT2D eigenvalue weighted by atomic mass is 16.4. The zero-order valence-corrected chi connectivity index (χ0v) is 23.7. The molecule has 0 spiro atoms. The number of amides is 4. The molecule has 0 aromatic carbocycles. The summed E-state index contributed by atoms with van der Waals surface area (Å²) in [6, 6.07) is -6.32. The van der Waals surface area contributed by atoms with Crippen LogP contribution >= 0.6 is 0 Å². The Bertz CT molecular complexity index is 883. The van der Waals surface area contributed by atoms with Gasteiger partial charge in [0, 0.05) is 6.54 Å². The number of hydrogen-bond acceptors (Lipinski definition) is 10. The first-order valence-corrected chi connectivity index (χ1v) is 13.4. The van der Waals surface area contributed by atoms with E-state index in [1.807, 2.05) is 13.8 Å². The number of nitrogens with zero attached hydrogens (tertiary/aromatic N) is 1. The van der Waals surface area contributed by atoms with Crippen molar-refractivity contribution in [3.63, 3.8) is 0 Å². The van der Waals surface area contributed by atoms with Gasteiger partial charge in [-0.3, -0.25) is 24.2 Å². The van der Waals surface area contributed by atoms with Crippen LogP contribution < -0.4 is 44.2 Å². The van der Waals surface area contributed by atoms with Crippen molar-refractivity contribution < 1.29 is 39.3 Å². The number of aliphatic imine (C=N–C) groups is 1. The fourth-order valence-electron chi connectivity index (χ4n) is 3.60. The van der Waals surface area contributed by atoms with Crippen molar-refractivity contribution >= 4 is 35.6 Å². The Morgan fingerprint density at radius 2 is 1.22 bits per heavy atom. The maximum absolute atomic E-state index is 13.3. The fraction of sp³-hybridized carbons (Fsp3) is 0.750. The number of nitrogens with one attached hydrogen (secondary N) is 4. The number of aliphatic hydroxyl groups is 2. The molecule has 0 radical (unpaired) electrons. The molecule has 0 aliphatic heterocycles. The van der Waals surface area contributed by atoms with Crippen LogP contribution in [0.5, 0.6) is 0 Å². The van der Waals surface area contributed by atoms with Gasteiger partial charge < -0.3 is 59.5 Å². The van der Waals surface area contributed by atoms with Crippen molar-refractivity contribution in [1.82, 2.24) is 21.3 Å². The smallest absolute Gasteiger partial charge is 0.328 e. The van der Waals surface area contributed by atoms with Crippen molar-refractivity contribution in [2.75, 3.05) is 26.3 Å². The minimum absolute atomic E-state index is 0.000662. The average Bonchev–Trinajstić information content (AvgIpc) is 2.90. The number of carbonyl (C=O) groups is 5. The number of guanidine groups is 1. The number of carboxylic acid groups (broad SMARTS) is 1. The molecule has 0 heterocycles. The van der Waals surface area contributed by atoms with Crippen LogP contribution in [0.3, 0.4) is 0 Å². The maximum Gasteiger partial charge on any atom is 0.328 e. The Hall–Kier alpha value is -3.54. The van der Waals surface area contributed by atoms with E-state index in [2.05, 4.69) is 26.3 Å². The Morgan fingerprint density at radius 3 is 1.66 bits per heavy atom. The molecule has 0 saturated heterocycles. The lowest BCUT2D eigenvalue weighted by Gasteiger charge is -2.27. The topological polar surface area (TPSA) is 311 Å². The second-order valence-electron chi connectivity index (χ2n) is 9.92. The van der Waals surface area contributed by atoms with E-state index in [1.165, 1.54) is 0 Å². The van der Waals surface area contributed by atoms with E-state index < -0.39 is 73.0 Å². The normalized spacial score (nSPS) is 14.6. The van der Waals surface area contributed by atoms with Crippen LogP contribution in [-0.2, 0) is 24.0 Å². The molecule has 0 unspecified atom stereocenters. The number of rotatable bonds is 21. The minimum Gasteiger partial charge on any atom is -0.480 e. The Morgan fingerprint density at radius 1 is 0.732 bits per heavy atom. The molecule has 41 heavy (non-hydrogen) atoms. The van der Waals surface area contributed by atoms with Crippen LogP contribution in [0.15, 0.2) is 4.99 Å². The molecule has 0 aromatic rings. The number of carboxylic acids is 1. The summed E-state index contributed by atoms with van der Waals surface area (Å²) < 4.78 is 0. The van der Waals surface area contributed by atoms with Crippen LogP contribution in [0.4, 0.5) is 0 Å². The summed E-state index contributed by atoms with van der Waals surface area (Å²) in [6.45, 7) is 2.60. The first-order valence-electron chi connectivity index (χ1n) is 13.4. The van der Waals surface area contributed by atoms with E-state index in [4.69, 9.17) is 28.0 Å². The molecule has 4 amide bonds. The van der Waals surface area contributed by atoms with Gasteiger partial charge in [-0.15, -0.1) is 0 Å². The van der Waals surface area contributed by atoms with Crippen molar-refractivity contribution in [3.05, 3.63) is 0 Å². The van der Waals surface area contributed by atoms with Crippen molar-refractivity contribution in [1.29, 1.82) is 0 Å². The first kappa shape index (κ1) is 37.5. The summed E-state index contributed by atoms with van der Waals surface area (Å²) in [6.07, 6.45) is 1.56. The SMILES string of the molecule is CC(C)C[C@H](NC(=O)[C@@H](N)CO)C(=O)N[C@@H](CCCCN)C(=O)N[C@@H](CCCN=C(N)N)C(=O)N[C@@H](CO)C(=O)O. The number of nitrogens with two attached hydrogens (primary N) is 4. The number of unbranched alkanes of at least 4 members (excludes halogenated alkanes) is 1. The summed E-state index contributed by atoms with van der Waals surface area (Å²) in [4.78, 5) is 66.7. The first-order chi connectivity index (χ1) is 19.3. The van der Waals surface area contributed by atoms with Gasteiger partial charge in [-0.2, -0.15) is 0 Å². The zero-order valence-electron chi connectivity index (χ0n) is 23.7. The van der Waals surface area contributed by atoms with Crippen LogP contribution in [0, 0.1) is 5.92 Å². The van der Waals surface area contributed by atoms with E-state index in [9.17, 15) is 34.2 Å². The highest BCUT2D eigenvalue weighted by Crippen LogP contribution is 2.09. The van der Waals surface area contributed by atoms with E-state index in [0.717, 1.165) is 0 Å². The van der Waals surface area contributed by atoms with Crippen molar-refractivity contribution in [3.8, 4) is 0 Å². The Labute approximate surface area is 239 Å². The average molecular weight is 590 g/mol. The Kier molecular flexibility index (Phi) is 18.6. The standard InChI is InChI=1S/C24H47N9O8/c1-13(2)10-17(32-19(36)14(26)11-34)22(39)31-15(6-3-4-8-25)20(37)30-16(7-5-9-29-24(27)28)21(38)33-18(12-35)23(40)41/h13-18,34-35H,3-12,25-26H2,1-2H3,(H,30,37)(H,31,39)(H,32,36)(H,33,38)(H,40,41)(H4,27,28,29)/t14-,15-,16-,17-,18-/m0/s1. The number of aliphatic carboxylic acids is 1.